The minimum Gasteiger partial charge on any atom is -0.313 e. The van der Waals surface area contributed by atoms with Crippen LogP contribution in [0.15, 0.2) is 59.4 Å². The van der Waals surface area contributed by atoms with E-state index in [4.69, 9.17) is 4.99 Å². The van der Waals surface area contributed by atoms with Crippen molar-refractivity contribution < 1.29 is 4.92 Å². The minimum atomic E-state index is -0.390. The van der Waals surface area contributed by atoms with Crippen molar-refractivity contribution in [3.63, 3.8) is 0 Å². The van der Waals surface area contributed by atoms with Gasteiger partial charge in [-0.3, -0.25) is 10.1 Å². The van der Waals surface area contributed by atoms with Gasteiger partial charge in [0.1, 0.15) is 0 Å². The number of hydrogen-bond donors (Lipinski definition) is 0. The van der Waals surface area contributed by atoms with Gasteiger partial charge in [-0.15, -0.1) is 17.9 Å². The van der Waals surface area contributed by atoms with Crippen molar-refractivity contribution in [2.75, 3.05) is 0 Å². The molecular formula is C21H21N3O2S. The van der Waals surface area contributed by atoms with Crippen molar-refractivity contribution in [2.45, 2.75) is 27.3 Å². The number of thiazole rings is 1. The van der Waals surface area contributed by atoms with Crippen molar-refractivity contribution in [3.8, 4) is 11.3 Å². The van der Waals surface area contributed by atoms with Gasteiger partial charge in [0.15, 0.2) is 4.80 Å². The van der Waals surface area contributed by atoms with Gasteiger partial charge in [-0.25, -0.2) is 4.99 Å². The van der Waals surface area contributed by atoms with Gasteiger partial charge < -0.3 is 4.57 Å². The Labute approximate surface area is 162 Å². The average molecular weight is 379 g/mol. The smallest absolute Gasteiger partial charge is 0.269 e. The molecule has 0 radical (unpaired) electrons. The Morgan fingerprint density at radius 1 is 1.19 bits per heavy atom. The Balaban J connectivity index is 2.14. The van der Waals surface area contributed by atoms with Crippen molar-refractivity contribution in [1.29, 1.82) is 0 Å². The fraction of sp³-hybridized carbons (Fsp3) is 0.190. The molecule has 0 unspecified atom stereocenters. The van der Waals surface area contributed by atoms with E-state index in [1.165, 1.54) is 17.7 Å². The highest BCUT2D eigenvalue weighted by Crippen LogP contribution is 2.26. The maximum Gasteiger partial charge on any atom is 0.269 e. The molecule has 2 aromatic carbocycles. The van der Waals surface area contributed by atoms with Crippen LogP contribution in [0.2, 0.25) is 0 Å². The van der Waals surface area contributed by atoms with Gasteiger partial charge in [0, 0.05) is 24.1 Å². The van der Waals surface area contributed by atoms with Crippen molar-refractivity contribution in [2.24, 2.45) is 4.99 Å². The summed E-state index contributed by atoms with van der Waals surface area (Å²) in [4.78, 5) is 16.3. The third-order valence-electron chi connectivity index (χ3n) is 4.33. The molecule has 3 rings (SSSR count). The van der Waals surface area contributed by atoms with Gasteiger partial charge in [0.25, 0.3) is 5.69 Å². The molecule has 1 aromatic heterocycles. The summed E-state index contributed by atoms with van der Waals surface area (Å²) >= 11 is 1.55. The predicted octanol–water partition coefficient (Wildman–Crippen LogP) is 5.47. The predicted molar refractivity (Wildman–Crippen MR) is 110 cm³/mol. The fourth-order valence-corrected chi connectivity index (χ4v) is 4.08. The van der Waals surface area contributed by atoms with Crippen molar-refractivity contribution in [3.05, 3.63) is 86.0 Å². The molecule has 27 heavy (non-hydrogen) atoms. The molecule has 0 amide bonds. The third kappa shape index (κ3) is 3.90. The van der Waals surface area contributed by atoms with E-state index >= 15 is 0 Å². The maximum absolute atomic E-state index is 10.9. The first-order chi connectivity index (χ1) is 12.9. The molecule has 0 aliphatic carbocycles. The Kier molecular flexibility index (Phi) is 5.37. The highest BCUT2D eigenvalue weighted by molar-refractivity contribution is 7.07. The second-order valence-corrected chi connectivity index (χ2v) is 7.30. The molecule has 6 heteroatoms. The number of rotatable bonds is 5. The summed E-state index contributed by atoms with van der Waals surface area (Å²) in [5.74, 6) is 0. The van der Waals surface area contributed by atoms with E-state index in [2.05, 4.69) is 44.0 Å². The Hall–Kier alpha value is -2.99. The number of hydrogen-bond acceptors (Lipinski definition) is 4. The van der Waals surface area contributed by atoms with Crippen LogP contribution in [0.5, 0.6) is 0 Å². The lowest BCUT2D eigenvalue weighted by Gasteiger charge is -2.08. The minimum absolute atomic E-state index is 0.0834. The van der Waals surface area contributed by atoms with E-state index in [-0.39, 0.29) is 10.6 Å². The summed E-state index contributed by atoms with van der Waals surface area (Å²) in [7, 11) is 0. The Bertz CT molecular complexity index is 1050. The van der Waals surface area contributed by atoms with Crippen LogP contribution in [-0.2, 0) is 6.54 Å². The zero-order valence-corrected chi connectivity index (χ0v) is 16.4. The molecule has 0 bridgehead atoms. The van der Waals surface area contributed by atoms with Crippen molar-refractivity contribution >= 4 is 22.7 Å². The van der Waals surface area contributed by atoms with E-state index in [1.54, 1.807) is 23.5 Å². The lowest BCUT2D eigenvalue weighted by Crippen LogP contribution is -2.15. The topological polar surface area (TPSA) is 60.4 Å². The molecule has 1 heterocycles. The molecule has 0 aliphatic rings. The molecule has 0 aliphatic heterocycles. The van der Waals surface area contributed by atoms with Crippen LogP contribution >= 0.6 is 11.3 Å². The van der Waals surface area contributed by atoms with Crippen molar-refractivity contribution in [1.82, 2.24) is 4.57 Å². The summed E-state index contributed by atoms with van der Waals surface area (Å²) in [6, 6.07) is 10.9. The second-order valence-electron chi connectivity index (χ2n) is 6.47. The monoisotopic (exact) mass is 379 g/mol. The van der Waals surface area contributed by atoms with E-state index in [9.17, 15) is 10.1 Å². The third-order valence-corrected chi connectivity index (χ3v) is 5.19. The molecule has 3 aromatic rings. The average Bonchev–Trinajstić information content (AvgIpc) is 3.01. The summed E-state index contributed by atoms with van der Waals surface area (Å²) < 4.78 is 2.08. The molecular weight excluding hydrogens is 358 g/mol. The zero-order valence-electron chi connectivity index (χ0n) is 15.6. The SMILES string of the molecule is C=CCn1c(-c2ccc([N+](=O)[O-])cc2)csc1=Nc1c(C)cc(C)cc1C. The van der Waals surface area contributed by atoms with Gasteiger partial charge in [-0.2, -0.15) is 0 Å². The Morgan fingerprint density at radius 3 is 2.37 bits per heavy atom. The summed E-state index contributed by atoms with van der Waals surface area (Å²) in [5, 5.41) is 12.9. The number of aromatic nitrogens is 1. The number of benzene rings is 2. The van der Waals surface area contributed by atoms with Crippen LogP contribution < -0.4 is 4.80 Å². The molecule has 0 fully saturated rings. The first kappa shape index (κ1) is 18.8. The lowest BCUT2D eigenvalue weighted by molar-refractivity contribution is -0.384. The Morgan fingerprint density at radius 2 is 1.81 bits per heavy atom. The van der Waals surface area contributed by atoms with Gasteiger partial charge >= 0.3 is 0 Å². The van der Waals surface area contributed by atoms with Crippen LogP contribution in [0.3, 0.4) is 0 Å². The van der Waals surface area contributed by atoms with E-state index < -0.39 is 0 Å². The molecule has 0 saturated heterocycles. The van der Waals surface area contributed by atoms with Crippen LogP contribution in [0.25, 0.3) is 11.3 Å². The zero-order chi connectivity index (χ0) is 19.6. The standard InChI is InChI=1S/C21H21N3O2S/c1-5-10-23-19(17-6-8-18(9-7-17)24(25)26)13-27-21(23)22-20-15(3)11-14(2)12-16(20)4/h5-9,11-13H,1,10H2,2-4H3. The van der Waals surface area contributed by atoms with Crippen LogP contribution in [0, 0.1) is 30.9 Å². The first-order valence-corrected chi connectivity index (χ1v) is 9.45. The number of nitro groups is 1. The van der Waals surface area contributed by atoms with Crippen LogP contribution in [-0.4, -0.2) is 9.49 Å². The molecule has 0 N–H and O–H groups in total. The molecule has 138 valence electrons. The number of non-ortho nitro benzene ring substituents is 1. The quantitative estimate of drug-likeness (QED) is 0.335. The molecule has 5 nitrogen and oxygen atoms in total. The fourth-order valence-electron chi connectivity index (χ4n) is 3.15. The number of nitrogens with zero attached hydrogens (tertiary/aromatic N) is 3. The van der Waals surface area contributed by atoms with E-state index in [0.717, 1.165) is 32.9 Å². The lowest BCUT2D eigenvalue weighted by atomic mass is 10.1. The largest absolute Gasteiger partial charge is 0.313 e. The van der Waals surface area contributed by atoms with E-state index in [0.29, 0.717) is 6.54 Å². The van der Waals surface area contributed by atoms with Crippen LogP contribution in [0.4, 0.5) is 11.4 Å². The number of allylic oxidation sites excluding steroid dienone is 1. The van der Waals surface area contributed by atoms with E-state index in [1.807, 2.05) is 11.5 Å². The summed E-state index contributed by atoms with van der Waals surface area (Å²) in [6.45, 7) is 10.7. The van der Waals surface area contributed by atoms with Gasteiger partial charge in [0.05, 0.1) is 16.3 Å². The molecule has 0 spiro atoms. The van der Waals surface area contributed by atoms with Gasteiger partial charge in [-0.05, 0) is 49.6 Å². The second kappa shape index (κ2) is 7.72. The summed E-state index contributed by atoms with van der Waals surface area (Å²) in [6.07, 6.45) is 1.83. The maximum atomic E-state index is 10.9. The first-order valence-electron chi connectivity index (χ1n) is 8.57. The van der Waals surface area contributed by atoms with Crippen LogP contribution in [0.1, 0.15) is 16.7 Å². The van der Waals surface area contributed by atoms with Gasteiger partial charge in [0.2, 0.25) is 0 Å². The molecule has 0 saturated carbocycles. The number of nitro benzene ring substituents is 1. The molecule has 0 atom stereocenters. The number of aryl methyl sites for hydroxylation is 3. The van der Waals surface area contributed by atoms with Gasteiger partial charge in [-0.1, -0.05) is 23.8 Å². The highest BCUT2D eigenvalue weighted by atomic mass is 32.1. The highest BCUT2D eigenvalue weighted by Gasteiger charge is 2.11. The summed E-state index contributed by atoms with van der Waals surface area (Å²) in [5.41, 5.74) is 6.45. The normalized spacial score (nSPS) is 11.6.